The number of nitrogens with zero attached hydrogens (tertiary/aromatic N) is 3. The second-order valence-electron chi connectivity index (χ2n) is 7.08. The lowest BCUT2D eigenvalue weighted by molar-refractivity contribution is 0.125. The smallest absolute Gasteiger partial charge is 0.182 e. The van der Waals surface area contributed by atoms with Crippen LogP contribution in [0.2, 0.25) is 0 Å². The van der Waals surface area contributed by atoms with Crippen molar-refractivity contribution < 1.29 is 0 Å². The van der Waals surface area contributed by atoms with Crippen LogP contribution >= 0.6 is 11.3 Å². The van der Waals surface area contributed by atoms with Crippen LogP contribution in [-0.4, -0.2) is 54.1 Å². The lowest BCUT2D eigenvalue weighted by Crippen LogP contribution is -2.44. The van der Waals surface area contributed by atoms with Crippen LogP contribution in [0.1, 0.15) is 31.4 Å². The first-order chi connectivity index (χ1) is 10.3. The molecular formula is C16H26N4S. The van der Waals surface area contributed by atoms with Crippen LogP contribution in [-0.2, 0) is 6.54 Å². The van der Waals surface area contributed by atoms with Gasteiger partial charge in [0.25, 0.3) is 0 Å². The average molecular weight is 306 g/mol. The highest BCUT2D eigenvalue weighted by Gasteiger charge is 2.37. The number of thiazole rings is 1. The summed E-state index contributed by atoms with van der Waals surface area (Å²) in [7, 11) is 1.95. The van der Waals surface area contributed by atoms with E-state index in [0.717, 1.165) is 29.6 Å². The summed E-state index contributed by atoms with van der Waals surface area (Å²) in [6.45, 7) is 6.26. The van der Waals surface area contributed by atoms with Gasteiger partial charge in [-0.15, -0.1) is 11.3 Å². The van der Waals surface area contributed by atoms with Crippen molar-refractivity contribution in [2.24, 2.45) is 11.8 Å². The largest absolute Gasteiger partial charge is 0.365 e. The molecule has 0 spiro atoms. The van der Waals surface area contributed by atoms with E-state index in [2.05, 4.69) is 25.5 Å². The summed E-state index contributed by atoms with van der Waals surface area (Å²) >= 11 is 1.72. The van der Waals surface area contributed by atoms with Gasteiger partial charge in [0.15, 0.2) is 5.13 Å². The maximum Gasteiger partial charge on any atom is 0.182 e. The Morgan fingerprint density at radius 1 is 1.24 bits per heavy atom. The molecule has 1 N–H and O–H groups in total. The summed E-state index contributed by atoms with van der Waals surface area (Å²) in [4.78, 5) is 10.1. The molecule has 0 unspecified atom stereocenters. The van der Waals surface area contributed by atoms with Crippen molar-refractivity contribution >= 4 is 16.5 Å². The monoisotopic (exact) mass is 306 g/mol. The SMILES string of the molecule is CNc1nc(CN2C[C@@H]3CC[C@H](C2)N(CC2CC2)C3)cs1. The van der Waals surface area contributed by atoms with E-state index in [1.54, 1.807) is 11.3 Å². The molecule has 1 aliphatic carbocycles. The lowest BCUT2D eigenvalue weighted by Gasteiger charge is -2.36. The van der Waals surface area contributed by atoms with E-state index >= 15 is 0 Å². The second kappa shape index (κ2) is 5.86. The maximum absolute atomic E-state index is 4.65. The van der Waals surface area contributed by atoms with Gasteiger partial charge in [0.05, 0.1) is 5.69 Å². The first-order valence-corrected chi connectivity index (χ1v) is 9.26. The highest BCUT2D eigenvalue weighted by molar-refractivity contribution is 7.13. The number of fused-ring (bicyclic) bond motifs is 4. The van der Waals surface area contributed by atoms with Gasteiger partial charge in [-0.2, -0.15) is 0 Å². The average Bonchev–Trinajstić information content (AvgIpc) is 3.24. The van der Waals surface area contributed by atoms with Crippen molar-refractivity contribution in [2.75, 3.05) is 38.5 Å². The fraction of sp³-hybridized carbons (Fsp3) is 0.812. The molecular weight excluding hydrogens is 280 g/mol. The summed E-state index contributed by atoms with van der Waals surface area (Å²) in [5.74, 6) is 1.90. The first kappa shape index (κ1) is 14.0. The molecule has 4 nitrogen and oxygen atoms in total. The van der Waals surface area contributed by atoms with E-state index in [9.17, 15) is 0 Å². The van der Waals surface area contributed by atoms with Gasteiger partial charge in [-0.1, -0.05) is 0 Å². The molecule has 1 aromatic rings. The van der Waals surface area contributed by atoms with Gasteiger partial charge in [-0.3, -0.25) is 9.80 Å². The number of aromatic nitrogens is 1. The number of anilines is 1. The molecule has 0 amide bonds. The van der Waals surface area contributed by atoms with E-state index in [-0.39, 0.29) is 0 Å². The lowest BCUT2D eigenvalue weighted by atomic mass is 9.95. The molecule has 4 heterocycles. The number of nitrogens with one attached hydrogen (secondary N) is 1. The fourth-order valence-electron chi connectivity index (χ4n) is 3.98. The Kier molecular flexibility index (Phi) is 3.90. The molecule has 2 atom stereocenters. The van der Waals surface area contributed by atoms with Crippen molar-refractivity contribution in [1.82, 2.24) is 14.8 Å². The third-order valence-corrected chi connectivity index (χ3v) is 6.15. The van der Waals surface area contributed by atoms with E-state index < -0.39 is 0 Å². The first-order valence-electron chi connectivity index (χ1n) is 8.38. The zero-order chi connectivity index (χ0) is 14.2. The topological polar surface area (TPSA) is 31.4 Å². The molecule has 2 bridgehead atoms. The standard InChI is InChI=1S/C16H26N4S/c1-17-16-18-14(11-21-16)9-19-6-13-4-5-15(10-19)20(8-13)7-12-2-3-12/h11-13,15H,2-10H2,1H3,(H,17,18)/t13-,15+/m0/s1. The van der Waals surface area contributed by atoms with Gasteiger partial charge < -0.3 is 5.32 Å². The molecule has 3 saturated heterocycles. The van der Waals surface area contributed by atoms with Crippen LogP contribution < -0.4 is 5.32 Å². The van der Waals surface area contributed by atoms with E-state index in [4.69, 9.17) is 0 Å². The van der Waals surface area contributed by atoms with E-state index in [0.29, 0.717) is 0 Å². The third-order valence-electron chi connectivity index (χ3n) is 5.24. The zero-order valence-corrected chi connectivity index (χ0v) is 13.7. The van der Waals surface area contributed by atoms with Crippen LogP contribution in [0.4, 0.5) is 5.13 Å². The molecule has 5 heteroatoms. The third kappa shape index (κ3) is 3.25. The number of hydrogen-bond acceptors (Lipinski definition) is 5. The van der Waals surface area contributed by atoms with Gasteiger partial charge >= 0.3 is 0 Å². The minimum absolute atomic E-state index is 0.798. The molecule has 21 heavy (non-hydrogen) atoms. The molecule has 4 fully saturated rings. The molecule has 0 aromatic carbocycles. The molecule has 5 rings (SSSR count). The molecule has 1 aromatic heterocycles. The van der Waals surface area contributed by atoms with Crippen molar-refractivity contribution in [3.05, 3.63) is 11.1 Å². The maximum atomic E-state index is 4.65. The van der Waals surface area contributed by atoms with Crippen molar-refractivity contribution in [1.29, 1.82) is 0 Å². The summed E-state index contributed by atoms with van der Waals surface area (Å²) in [6, 6.07) is 0.798. The van der Waals surface area contributed by atoms with Crippen molar-refractivity contribution in [3.8, 4) is 0 Å². The highest BCUT2D eigenvalue weighted by Crippen LogP contribution is 2.35. The Bertz CT molecular complexity index is 484. The summed E-state index contributed by atoms with van der Waals surface area (Å²) < 4.78 is 0. The van der Waals surface area contributed by atoms with Gasteiger partial charge in [0.1, 0.15) is 0 Å². The van der Waals surface area contributed by atoms with Gasteiger partial charge in [0.2, 0.25) is 0 Å². The number of piperidine rings is 1. The van der Waals surface area contributed by atoms with Crippen molar-refractivity contribution in [2.45, 2.75) is 38.3 Å². The minimum atomic E-state index is 0.798. The Balaban J connectivity index is 1.40. The summed E-state index contributed by atoms with van der Waals surface area (Å²) in [5, 5.41) is 6.39. The van der Waals surface area contributed by atoms with Crippen LogP contribution in [0.5, 0.6) is 0 Å². The Morgan fingerprint density at radius 3 is 2.90 bits per heavy atom. The number of hydrogen-bond donors (Lipinski definition) is 1. The van der Waals surface area contributed by atoms with Gasteiger partial charge in [-0.05, 0) is 37.5 Å². The van der Waals surface area contributed by atoms with Gasteiger partial charge in [-0.25, -0.2) is 4.98 Å². The van der Waals surface area contributed by atoms with Crippen LogP contribution in [0.15, 0.2) is 5.38 Å². The minimum Gasteiger partial charge on any atom is -0.365 e. The van der Waals surface area contributed by atoms with E-state index in [1.807, 2.05) is 7.05 Å². The number of rotatable bonds is 5. The van der Waals surface area contributed by atoms with Crippen LogP contribution in [0.3, 0.4) is 0 Å². The molecule has 3 aliphatic heterocycles. The summed E-state index contributed by atoms with van der Waals surface area (Å²) in [5.41, 5.74) is 1.24. The molecule has 116 valence electrons. The highest BCUT2D eigenvalue weighted by atomic mass is 32.1. The molecule has 4 aliphatic rings. The zero-order valence-electron chi connectivity index (χ0n) is 12.9. The molecule has 0 radical (unpaired) electrons. The Hall–Kier alpha value is -0.650. The van der Waals surface area contributed by atoms with Crippen molar-refractivity contribution in [3.63, 3.8) is 0 Å². The van der Waals surface area contributed by atoms with E-state index in [1.165, 1.54) is 57.6 Å². The normalized spacial score (nSPS) is 30.5. The Labute approximate surface area is 131 Å². The molecule has 1 saturated carbocycles. The quantitative estimate of drug-likeness (QED) is 0.905. The van der Waals surface area contributed by atoms with Crippen LogP contribution in [0.25, 0.3) is 0 Å². The second-order valence-corrected chi connectivity index (χ2v) is 7.94. The van der Waals surface area contributed by atoms with Gasteiger partial charge in [0, 0.05) is 51.2 Å². The predicted molar refractivity (Wildman–Crippen MR) is 87.7 cm³/mol. The Morgan fingerprint density at radius 2 is 2.14 bits per heavy atom. The summed E-state index contributed by atoms with van der Waals surface area (Å²) in [6.07, 6.45) is 5.79. The fourth-order valence-corrected chi connectivity index (χ4v) is 4.65. The predicted octanol–water partition coefficient (Wildman–Crippen LogP) is 2.49. The van der Waals surface area contributed by atoms with Crippen LogP contribution in [0, 0.1) is 11.8 Å².